The SMILES string of the molecule is CCCCOC(=O)Cn1c2ccc(NC(=O)OC)cc2c2c(N)ncnc21. The van der Waals surface area contributed by atoms with Crippen LogP contribution in [0, 0.1) is 0 Å². The van der Waals surface area contributed by atoms with E-state index in [1.54, 1.807) is 22.8 Å². The van der Waals surface area contributed by atoms with Gasteiger partial charge < -0.3 is 19.8 Å². The van der Waals surface area contributed by atoms with Crippen LogP contribution in [0.2, 0.25) is 0 Å². The average molecular weight is 371 g/mol. The number of aromatic nitrogens is 3. The van der Waals surface area contributed by atoms with E-state index < -0.39 is 6.09 Å². The number of nitrogens with zero attached hydrogens (tertiary/aromatic N) is 3. The van der Waals surface area contributed by atoms with Gasteiger partial charge in [0.2, 0.25) is 0 Å². The first-order chi connectivity index (χ1) is 13.0. The number of nitrogen functional groups attached to an aromatic ring is 1. The molecule has 3 aromatic rings. The van der Waals surface area contributed by atoms with Gasteiger partial charge in [-0.05, 0) is 24.6 Å². The fraction of sp³-hybridized carbons (Fsp3) is 0.333. The lowest BCUT2D eigenvalue weighted by Gasteiger charge is -2.08. The number of nitrogens with one attached hydrogen (secondary N) is 1. The third-order valence-electron chi connectivity index (χ3n) is 4.15. The van der Waals surface area contributed by atoms with E-state index in [0.717, 1.165) is 23.7 Å². The number of rotatable bonds is 6. The van der Waals surface area contributed by atoms with Crippen molar-refractivity contribution in [3.63, 3.8) is 0 Å². The molecule has 0 radical (unpaired) electrons. The maximum atomic E-state index is 12.2. The minimum Gasteiger partial charge on any atom is -0.464 e. The van der Waals surface area contributed by atoms with E-state index >= 15 is 0 Å². The third kappa shape index (κ3) is 3.76. The number of unbranched alkanes of at least 4 members (excludes halogenated alkanes) is 1. The Morgan fingerprint density at radius 2 is 2.11 bits per heavy atom. The Morgan fingerprint density at radius 1 is 1.30 bits per heavy atom. The lowest BCUT2D eigenvalue weighted by molar-refractivity contribution is -0.144. The molecule has 0 aliphatic heterocycles. The van der Waals surface area contributed by atoms with Gasteiger partial charge in [0, 0.05) is 11.1 Å². The van der Waals surface area contributed by atoms with Crippen molar-refractivity contribution in [3.8, 4) is 0 Å². The monoisotopic (exact) mass is 371 g/mol. The third-order valence-corrected chi connectivity index (χ3v) is 4.15. The van der Waals surface area contributed by atoms with Crippen molar-refractivity contribution < 1.29 is 19.1 Å². The Morgan fingerprint density at radius 3 is 2.85 bits per heavy atom. The van der Waals surface area contributed by atoms with Gasteiger partial charge in [0.05, 0.1) is 24.6 Å². The predicted octanol–water partition coefficient (Wildman–Crippen LogP) is 2.69. The highest BCUT2D eigenvalue weighted by atomic mass is 16.5. The number of hydrogen-bond acceptors (Lipinski definition) is 7. The van der Waals surface area contributed by atoms with E-state index in [4.69, 9.17) is 10.5 Å². The molecular weight excluding hydrogens is 350 g/mol. The van der Waals surface area contributed by atoms with Gasteiger partial charge in [0.1, 0.15) is 24.3 Å². The normalized spacial score (nSPS) is 10.9. The van der Waals surface area contributed by atoms with Gasteiger partial charge in [-0.25, -0.2) is 14.8 Å². The smallest absolute Gasteiger partial charge is 0.411 e. The van der Waals surface area contributed by atoms with E-state index in [-0.39, 0.29) is 12.5 Å². The summed E-state index contributed by atoms with van der Waals surface area (Å²) in [5, 5.41) is 3.94. The van der Waals surface area contributed by atoms with Crippen LogP contribution in [0.1, 0.15) is 19.8 Å². The van der Waals surface area contributed by atoms with Gasteiger partial charge in [-0.1, -0.05) is 13.3 Å². The minimum atomic E-state index is -0.582. The van der Waals surface area contributed by atoms with Crippen molar-refractivity contribution in [1.82, 2.24) is 14.5 Å². The molecule has 9 nitrogen and oxygen atoms in total. The number of carbonyl (C=O) groups excluding carboxylic acids is 2. The quantitative estimate of drug-likeness (QED) is 0.504. The lowest BCUT2D eigenvalue weighted by Crippen LogP contribution is -2.14. The second kappa shape index (κ2) is 7.90. The van der Waals surface area contributed by atoms with Gasteiger partial charge in [-0.2, -0.15) is 0 Å². The van der Waals surface area contributed by atoms with E-state index in [0.29, 0.717) is 29.1 Å². The lowest BCUT2D eigenvalue weighted by atomic mass is 10.2. The minimum absolute atomic E-state index is 0.00391. The molecule has 9 heteroatoms. The number of hydrogen-bond donors (Lipinski definition) is 2. The molecule has 0 saturated carbocycles. The van der Waals surface area contributed by atoms with Crippen molar-refractivity contribution in [2.45, 2.75) is 26.3 Å². The molecule has 3 rings (SSSR count). The summed E-state index contributed by atoms with van der Waals surface area (Å²) in [6.07, 6.45) is 2.53. The van der Waals surface area contributed by atoms with E-state index in [1.807, 2.05) is 6.92 Å². The Bertz CT molecular complexity index is 998. The highest BCUT2D eigenvalue weighted by Crippen LogP contribution is 2.32. The van der Waals surface area contributed by atoms with Crippen LogP contribution in [0.5, 0.6) is 0 Å². The first kappa shape index (κ1) is 18.4. The van der Waals surface area contributed by atoms with Crippen LogP contribution in [0.3, 0.4) is 0 Å². The molecule has 1 aromatic carbocycles. The zero-order valence-electron chi connectivity index (χ0n) is 15.2. The summed E-state index contributed by atoms with van der Waals surface area (Å²) >= 11 is 0. The van der Waals surface area contributed by atoms with E-state index in [2.05, 4.69) is 20.0 Å². The van der Waals surface area contributed by atoms with Gasteiger partial charge in [0.15, 0.2) is 0 Å². The molecule has 0 spiro atoms. The molecule has 2 aromatic heterocycles. The number of amides is 1. The van der Waals surface area contributed by atoms with Crippen LogP contribution < -0.4 is 11.1 Å². The molecular formula is C18H21N5O4. The summed E-state index contributed by atoms with van der Waals surface area (Å²) in [5.41, 5.74) is 7.84. The van der Waals surface area contributed by atoms with Gasteiger partial charge in [-0.15, -0.1) is 0 Å². The molecule has 1 amide bonds. The standard InChI is InChI=1S/C18H21N5O4/c1-3-4-7-27-14(24)9-23-13-6-5-11(22-18(25)26-2)8-12(13)15-16(19)20-10-21-17(15)23/h5-6,8,10H,3-4,7,9H2,1-2H3,(H,22,25)(H2,19,20,21). The molecule has 0 unspecified atom stereocenters. The Kier molecular flexibility index (Phi) is 5.39. The predicted molar refractivity (Wildman–Crippen MR) is 101 cm³/mol. The highest BCUT2D eigenvalue weighted by molar-refractivity contribution is 6.13. The van der Waals surface area contributed by atoms with Crippen molar-refractivity contribution in [3.05, 3.63) is 24.5 Å². The first-order valence-corrected chi connectivity index (χ1v) is 8.58. The number of ether oxygens (including phenoxy) is 2. The number of carbonyl (C=O) groups is 2. The highest BCUT2D eigenvalue weighted by Gasteiger charge is 2.18. The summed E-state index contributed by atoms with van der Waals surface area (Å²) in [7, 11) is 1.29. The van der Waals surface area contributed by atoms with Crippen molar-refractivity contribution >= 4 is 45.5 Å². The summed E-state index contributed by atoms with van der Waals surface area (Å²) in [6, 6.07) is 5.23. The fourth-order valence-electron chi connectivity index (χ4n) is 2.85. The van der Waals surface area contributed by atoms with Crippen LogP contribution in [-0.4, -0.2) is 40.3 Å². The molecule has 0 saturated heterocycles. The van der Waals surface area contributed by atoms with Crippen molar-refractivity contribution in [1.29, 1.82) is 0 Å². The van der Waals surface area contributed by atoms with Gasteiger partial charge in [-0.3, -0.25) is 10.1 Å². The summed E-state index contributed by atoms with van der Waals surface area (Å²) in [6.45, 7) is 2.42. The molecule has 0 atom stereocenters. The topological polar surface area (TPSA) is 121 Å². The Balaban J connectivity index is 2.05. The van der Waals surface area contributed by atoms with Crippen LogP contribution in [0.15, 0.2) is 24.5 Å². The molecule has 0 aliphatic carbocycles. The number of esters is 1. The maximum absolute atomic E-state index is 12.2. The van der Waals surface area contributed by atoms with E-state index in [9.17, 15) is 9.59 Å². The second-order valence-corrected chi connectivity index (χ2v) is 5.97. The van der Waals surface area contributed by atoms with Gasteiger partial charge in [0.25, 0.3) is 0 Å². The summed E-state index contributed by atoms with van der Waals surface area (Å²) in [4.78, 5) is 32.0. The molecule has 3 N–H and O–H groups in total. The van der Waals surface area contributed by atoms with Crippen LogP contribution in [0.4, 0.5) is 16.3 Å². The number of fused-ring (bicyclic) bond motifs is 3. The Hall–Kier alpha value is -3.36. The van der Waals surface area contributed by atoms with Crippen LogP contribution >= 0.6 is 0 Å². The van der Waals surface area contributed by atoms with E-state index in [1.165, 1.54) is 13.4 Å². The average Bonchev–Trinajstić information content (AvgIpc) is 2.96. The largest absolute Gasteiger partial charge is 0.464 e. The summed E-state index contributed by atoms with van der Waals surface area (Å²) in [5.74, 6) is -0.0606. The first-order valence-electron chi connectivity index (χ1n) is 8.58. The second-order valence-electron chi connectivity index (χ2n) is 5.97. The number of anilines is 2. The van der Waals surface area contributed by atoms with Crippen molar-refractivity contribution in [2.24, 2.45) is 0 Å². The molecule has 142 valence electrons. The number of methoxy groups -OCH3 is 1. The summed E-state index contributed by atoms with van der Waals surface area (Å²) < 4.78 is 11.6. The Labute approximate surface area is 155 Å². The molecule has 0 aliphatic rings. The zero-order chi connectivity index (χ0) is 19.4. The molecule has 27 heavy (non-hydrogen) atoms. The fourth-order valence-corrected chi connectivity index (χ4v) is 2.85. The van der Waals surface area contributed by atoms with Crippen LogP contribution in [-0.2, 0) is 20.8 Å². The zero-order valence-corrected chi connectivity index (χ0v) is 15.2. The van der Waals surface area contributed by atoms with Crippen LogP contribution in [0.25, 0.3) is 21.9 Å². The maximum Gasteiger partial charge on any atom is 0.411 e. The van der Waals surface area contributed by atoms with Gasteiger partial charge >= 0.3 is 12.1 Å². The number of benzene rings is 1. The number of nitrogens with two attached hydrogens (primary N) is 1. The molecule has 0 fully saturated rings. The molecule has 0 bridgehead atoms. The molecule has 2 heterocycles. The van der Waals surface area contributed by atoms with Crippen molar-refractivity contribution in [2.75, 3.05) is 24.8 Å².